The molecule has 4 rings (SSSR count). The van der Waals surface area contributed by atoms with Gasteiger partial charge in [-0.1, -0.05) is 12.1 Å². The minimum absolute atomic E-state index is 0.106. The second-order valence-corrected chi connectivity index (χ2v) is 8.66. The molecule has 1 aromatic rings. The molecule has 27 heavy (non-hydrogen) atoms. The Morgan fingerprint density at radius 3 is 2.59 bits per heavy atom. The molecule has 0 bridgehead atoms. The molecule has 0 N–H and O–H groups in total. The summed E-state index contributed by atoms with van der Waals surface area (Å²) >= 11 is 0. The first-order valence-electron chi connectivity index (χ1n) is 10.1. The first-order chi connectivity index (χ1) is 13.0. The highest BCUT2D eigenvalue weighted by Crippen LogP contribution is 2.30. The van der Waals surface area contributed by atoms with Crippen molar-refractivity contribution in [1.82, 2.24) is 14.7 Å². The molecule has 3 saturated heterocycles. The molecule has 1 aromatic carbocycles. The molecule has 0 saturated carbocycles. The van der Waals surface area contributed by atoms with Crippen molar-refractivity contribution in [2.75, 3.05) is 45.9 Å². The number of piperazine rings is 2. The number of benzene rings is 1. The fraction of sp³-hybridized carbons (Fsp3) is 0.667. The number of halogens is 1. The molecule has 3 fully saturated rings. The zero-order valence-corrected chi connectivity index (χ0v) is 16.4. The van der Waals surface area contributed by atoms with Crippen LogP contribution in [0.25, 0.3) is 0 Å². The van der Waals surface area contributed by atoms with E-state index in [1.807, 2.05) is 4.90 Å². The predicted octanol–water partition coefficient (Wildman–Crippen LogP) is 2.23. The van der Waals surface area contributed by atoms with Gasteiger partial charge in [-0.3, -0.25) is 14.6 Å². The van der Waals surface area contributed by atoms with Gasteiger partial charge in [0.15, 0.2) is 0 Å². The molecule has 1 amide bonds. The Balaban J connectivity index is 1.50. The highest BCUT2D eigenvalue weighted by molar-refractivity contribution is 5.94. The van der Waals surface area contributed by atoms with Crippen LogP contribution in [0.3, 0.4) is 0 Å². The highest BCUT2D eigenvalue weighted by atomic mass is 19.1. The molecule has 0 spiro atoms. The lowest BCUT2D eigenvalue weighted by Crippen LogP contribution is -2.71. The molecule has 1 unspecified atom stereocenters. The van der Waals surface area contributed by atoms with Gasteiger partial charge in [0.1, 0.15) is 5.82 Å². The van der Waals surface area contributed by atoms with E-state index in [4.69, 9.17) is 4.74 Å². The molecular formula is C21H30FN3O2. The SMILES string of the molecule is CC1(C)CN(C(=O)c2ccccc2F)CC2CN(C3CCOCC3)CCN21. The number of hydrogen-bond donors (Lipinski definition) is 0. The minimum atomic E-state index is -0.435. The van der Waals surface area contributed by atoms with Gasteiger partial charge in [0.2, 0.25) is 0 Å². The summed E-state index contributed by atoms with van der Waals surface area (Å²) in [6, 6.07) is 7.18. The van der Waals surface area contributed by atoms with Crippen molar-refractivity contribution in [3.05, 3.63) is 35.6 Å². The van der Waals surface area contributed by atoms with E-state index in [0.717, 1.165) is 45.7 Å². The monoisotopic (exact) mass is 375 g/mol. The maximum atomic E-state index is 14.1. The maximum Gasteiger partial charge on any atom is 0.256 e. The van der Waals surface area contributed by atoms with Crippen LogP contribution in [0, 0.1) is 5.82 Å². The van der Waals surface area contributed by atoms with E-state index < -0.39 is 5.82 Å². The predicted molar refractivity (Wildman–Crippen MR) is 102 cm³/mol. The van der Waals surface area contributed by atoms with E-state index in [0.29, 0.717) is 25.2 Å². The van der Waals surface area contributed by atoms with Crippen LogP contribution in [-0.4, -0.2) is 84.2 Å². The van der Waals surface area contributed by atoms with Gasteiger partial charge >= 0.3 is 0 Å². The number of ether oxygens (including phenoxy) is 1. The molecule has 148 valence electrons. The Kier molecular flexibility index (Phi) is 5.23. The van der Waals surface area contributed by atoms with Gasteiger partial charge in [-0.25, -0.2) is 4.39 Å². The van der Waals surface area contributed by atoms with Crippen molar-refractivity contribution >= 4 is 5.91 Å². The Morgan fingerprint density at radius 1 is 1.11 bits per heavy atom. The first-order valence-corrected chi connectivity index (χ1v) is 10.1. The molecule has 3 aliphatic heterocycles. The van der Waals surface area contributed by atoms with E-state index in [-0.39, 0.29) is 17.0 Å². The second-order valence-electron chi connectivity index (χ2n) is 8.66. The molecule has 3 heterocycles. The number of rotatable bonds is 2. The number of amides is 1. The average molecular weight is 375 g/mol. The topological polar surface area (TPSA) is 36.0 Å². The van der Waals surface area contributed by atoms with E-state index in [2.05, 4.69) is 23.6 Å². The van der Waals surface area contributed by atoms with E-state index in [1.165, 1.54) is 6.07 Å². The molecule has 6 heteroatoms. The van der Waals surface area contributed by atoms with Crippen molar-refractivity contribution < 1.29 is 13.9 Å². The summed E-state index contributed by atoms with van der Waals surface area (Å²) in [5, 5.41) is 0. The summed E-state index contributed by atoms with van der Waals surface area (Å²) in [7, 11) is 0. The number of hydrogen-bond acceptors (Lipinski definition) is 4. The van der Waals surface area contributed by atoms with Gasteiger partial charge in [-0.15, -0.1) is 0 Å². The minimum Gasteiger partial charge on any atom is -0.381 e. The van der Waals surface area contributed by atoms with Crippen LogP contribution in [-0.2, 0) is 4.74 Å². The normalized spacial score (nSPS) is 27.4. The molecule has 3 aliphatic rings. The van der Waals surface area contributed by atoms with Gasteiger partial charge in [-0.05, 0) is 38.8 Å². The van der Waals surface area contributed by atoms with Crippen LogP contribution >= 0.6 is 0 Å². The van der Waals surface area contributed by atoms with Crippen LogP contribution in [0.1, 0.15) is 37.0 Å². The van der Waals surface area contributed by atoms with Crippen LogP contribution in [0.4, 0.5) is 4.39 Å². The van der Waals surface area contributed by atoms with Crippen LogP contribution in [0.15, 0.2) is 24.3 Å². The highest BCUT2D eigenvalue weighted by Gasteiger charge is 2.45. The van der Waals surface area contributed by atoms with Gasteiger partial charge < -0.3 is 9.64 Å². The summed E-state index contributed by atoms with van der Waals surface area (Å²) in [6.07, 6.45) is 2.18. The number of nitrogens with zero attached hydrogens (tertiary/aromatic N) is 3. The first kappa shape index (κ1) is 18.8. The quantitative estimate of drug-likeness (QED) is 0.794. The Labute approximate surface area is 161 Å². The Bertz CT molecular complexity index is 690. The fourth-order valence-corrected chi connectivity index (χ4v) is 5.05. The van der Waals surface area contributed by atoms with Crippen molar-refractivity contribution in [3.8, 4) is 0 Å². The molecule has 0 radical (unpaired) electrons. The van der Waals surface area contributed by atoms with Gasteiger partial charge in [0.25, 0.3) is 5.91 Å². The van der Waals surface area contributed by atoms with Gasteiger partial charge in [0, 0.05) is 63.6 Å². The summed E-state index contributed by atoms with van der Waals surface area (Å²) in [5.41, 5.74) is 0.0739. The molecular weight excluding hydrogens is 345 g/mol. The fourth-order valence-electron chi connectivity index (χ4n) is 5.05. The number of fused-ring (bicyclic) bond motifs is 1. The van der Waals surface area contributed by atoms with E-state index in [9.17, 15) is 9.18 Å². The third kappa shape index (κ3) is 3.75. The third-order valence-corrected chi connectivity index (χ3v) is 6.40. The maximum absolute atomic E-state index is 14.1. The summed E-state index contributed by atoms with van der Waals surface area (Å²) < 4.78 is 19.7. The standard InChI is InChI=1S/C21H30FN3O2/c1-21(2)15-24(20(26)18-5-3-4-6-19(18)22)14-17-13-23(9-10-25(17)21)16-7-11-27-12-8-16/h3-6,16-17H,7-15H2,1-2H3. The average Bonchev–Trinajstić information content (AvgIpc) is 2.67. The van der Waals surface area contributed by atoms with Crippen LogP contribution in [0.2, 0.25) is 0 Å². The molecule has 0 aromatic heterocycles. The van der Waals surface area contributed by atoms with Gasteiger partial charge in [-0.2, -0.15) is 0 Å². The lowest BCUT2D eigenvalue weighted by molar-refractivity contribution is -0.0744. The Morgan fingerprint density at radius 2 is 1.85 bits per heavy atom. The van der Waals surface area contributed by atoms with Crippen molar-refractivity contribution in [2.45, 2.75) is 44.3 Å². The van der Waals surface area contributed by atoms with E-state index in [1.54, 1.807) is 18.2 Å². The lowest BCUT2D eigenvalue weighted by Gasteiger charge is -2.56. The largest absolute Gasteiger partial charge is 0.381 e. The summed E-state index contributed by atoms with van der Waals surface area (Å²) in [5.74, 6) is -0.626. The summed E-state index contributed by atoms with van der Waals surface area (Å²) in [6.45, 7) is 10.5. The number of carbonyl (C=O) groups excluding carboxylic acids is 1. The van der Waals surface area contributed by atoms with Crippen LogP contribution in [0.5, 0.6) is 0 Å². The van der Waals surface area contributed by atoms with Crippen LogP contribution < -0.4 is 0 Å². The zero-order valence-electron chi connectivity index (χ0n) is 16.4. The van der Waals surface area contributed by atoms with Crippen molar-refractivity contribution in [2.24, 2.45) is 0 Å². The van der Waals surface area contributed by atoms with Gasteiger partial charge in [0.05, 0.1) is 5.56 Å². The third-order valence-electron chi connectivity index (χ3n) is 6.40. The zero-order chi connectivity index (χ0) is 19.0. The molecule has 1 atom stereocenters. The second kappa shape index (κ2) is 7.49. The smallest absolute Gasteiger partial charge is 0.256 e. The Hall–Kier alpha value is -1.50. The molecule has 0 aliphatic carbocycles. The number of carbonyl (C=O) groups is 1. The van der Waals surface area contributed by atoms with Crippen molar-refractivity contribution in [1.29, 1.82) is 0 Å². The summed E-state index contributed by atoms with van der Waals surface area (Å²) in [4.78, 5) is 20.0. The lowest BCUT2D eigenvalue weighted by atomic mass is 9.91. The van der Waals surface area contributed by atoms with E-state index >= 15 is 0 Å². The van der Waals surface area contributed by atoms with Crippen molar-refractivity contribution in [3.63, 3.8) is 0 Å². The molecule has 5 nitrogen and oxygen atoms in total.